The van der Waals surface area contributed by atoms with Crippen molar-refractivity contribution in [2.24, 2.45) is 0 Å². The van der Waals surface area contributed by atoms with Gasteiger partial charge >= 0.3 is 0 Å². The van der Waals surface area contributed by atoms with E-state index in [2.05, 4.69) is 14.1 Å². The van der Waals surface area contributed by atoms with Crippen LogP contribution in [0.3, 0.4) is 0 Å². The van der Waals surface area contributed by atoms with Gasteiger partial charge in [0.1, 0.15) is 24.7 Å². The second-order valence-electron chi connectivity index (χ2n) is 4.12. The zero-order valence-electron chi connectivity index (χ0n) is 11.3. The lowest BCUT2D eigenvalue weighted by molar-refractivity contribution is 0.115. The van der Waals surface area contributed by atoms with Gasteiger partial charge in [-0.25, -0.2) is 0 Å². The highest BCUT2D eigenvalue weighted by Gasteiger charge is 2.09. The second-order valence-corrected chi connectivity index (χ2v) is 4.67. The van der Waals surface area contributed by atoms with E-state index in [-0.39, 0.29) is 13.2 Å². The first-order valence-corrected chi connectivity index (χ1v) is 6.86. The summed E-state index contributed by atoms with van der Waals surface area (Å²) in [5, 5.41) is 21.7. The fraction of sp³-hybridized carbons (Fsp3) is 0.308. The van der Waals surface area contributed by atoms with Gasteiger partial charge in [-0.3, -0.25) is 0 Å². The van der Waals surface area contributed by atoms with Gasteiger partial charge in [0.15, 0.2) is 0 Å². The molecule has 7 nitrogen and oxygen atoms in total. The number of hydrogen-bond acceptors (Lipinski definition) is 8. The molecule has 2 aromatic rings. The fourth-order valence-corrected chi connectivity index (χ4v) is 1.96. The third-order valence-corrected chi connectivity index (χ3v) is 3.08. The summed E-state index contributed by atoms with van der Waals surface area (Å²) in [6.45, 7) is 0.386. The van der Waals surface area contributed by atoms with Crippen LogP contribution in [0.2, 0.25) is 0 Å². The standard InChI is InChI=1S/C13H14N4O3S/c1-19-12-4-9(5-14)2-3-11(12)15-6-10(18)8-20-13-7-16-21-17-13/h2-4,7,10,15,18H,6,8H2,1H3. The molecule has 0 amide bonds. The van der Waals surface area contributed by atoms with Gasteiger partial charge in [-0.1, -0.05) is 0 Å². The van der Waals surface area contributed by atoms with Crippen molar-refractivity contribution in [3.63, 3.8) is 0 Å². The average molecular weight is 306 g/mol. The number of aromatic nitrogens is 2. The Balaban J connectivity index is 1.86. The minimum atomic E-state index is -0.716. The van der Waals surface area contributed by atoms with E-state index in [1.165, 1.54) is 13.3 Å². The molecule has 21 heavy (non-hydrogen) atoms. The molecule has 0 saturated carbocycles. The van der Waals surface area contributed by atoms with E-state index in [1.807, 2.05) is 6.07 Å². The molecule has 0 fully saturated rings. The number of rotatable bonds is 7. The van der Waals surface area contributed by atoms with Crippen LogP contribution in [0.25, 0.3) is 0 Å². The summed E-state index contributed by atoms with van der Waals surface area (Å²) in [5.41, 5.74) is 1.21. The predicted molar refractivity (Wildman–Crippen MR) is 77.6 cm³/mol. The van der Waals surface area contributed by atoms with Crippen LogP contribution in [0.1, 0.15) is 5.56 Å². The van der Waals surface area contributed by atoms with Crippen LogP contribution in [-0.2, 0) is 0 Å². The Morgan fingerprint density at radius 3 is 3.05 bits per heavy atom. The van der Waals surface area contributed by atoms with Crippen LogP contribution in [0.15, 0.2) is 24.4 Å². The zero-order chi connectivity index (χ0) is 15.1. The Kier molecular flexibility index (Phi) is 5.31. The number of nitrogens with one attached hydrogen (secondary N) is 1. The van der Waals surface area contributed by atoms with E-state index in [9.17, 15) is 5.11 Å². The lowest BCUT2D eigenvalue weighted by Gasteiger charge is -2.15. The molecule has 2 rings (SSSR count). The van der Waals surface area contributed by atoms with Crippen molar-refractivity contribution in [3.05, 3.63) is 30.0 Å². The Morgan fingerprint density at radius 1 is 1.52 bits per heavy atom. The van der Waals surface area contributed by atoms with Gasteiger partial charge in [0.05, 0.1) is 36.2 Å². The lowest BCUT2D eigenvalue weighted by Crippen LogP contribution is -2.26. The molecule has 8 heteroatoms. The molecule has 0 aliphatic heterocycles. The van der Waals surface area contributed by atoms with E-state index < -0.39 is 6.10 Å². The number of aliphatic hydroxyl groups excluding tert-OH is 1. The van der Waals surface area contributed by atoms with Crippen molar-refractivity contribution in [3.8, 4) is 17.7 Å². The van der Waals surface area contributed by atoms with Crippen molar-refractivity contribution in [2.75, 3.05) is 25.6 Å². The van der Waals surface area contributed by atoms with Gasteiger partial charge in [0.25, 0.3) is 0 Å². The highest BCUT2D eigenvalue weighted by atomic mass is 32.1. The Hall–Kier alpha value is -2.37. The summed E-state index contributed by atoms with van der Waals surface area (Å²) in [5.74, 6) is 0.945. The summed E-state index contributed by atoms with van der Waals surface area (Å²) in [6.07, 6.45) is 0.779. The van der Waals surface area contributed by atoms with Gasteiger partial charge in [-0.15, -0.1) is 4.37 Å². The molecule has 1 aromatic carbocycles. The third kappa shape index (κ3) is 4.30. The first-order valence-electron chi connectivity index (χ1n) is 6.13. The first-order chi connectivity index (χ1) is 10.2. The number of benzene rings is 1. The quantitative estimate of drug-likeness (QED) is 0.794. The minimum absolute atomic E-state index is 0.108. The first kappa shape index (κ1) is 15.0. The van der Waals surface area contributed by atoms with Crippen LogP contribution in [-0.4, -0.2) is 40.2 Å². The molecule has 1 aromatic heterocycles. The van der Waals surface area contributed by atoms with Crippen molar-refractivity contribution in [1.82, 2.24) is 8.75 Å². The number of aliphatic hydroxyl groups is 1. The monoisotopic (exact) mass is 306 g/mol. The molecule has 0 aliphatic rings. The van der Waals surface area contributed by atoms with E-state index in [0.29, 0.717) is 22.9 Å². The van der Waals surface area contributed by atoms with E-state index in [4.69, 9.17) is 14.7 Å². The van der Waals surface area contributed by atoms with Crippen LogP contribution < -0.4 is 14.8 Å². The van der Waals surface area contributed by atoms with Crippen molar-refractivity contribution >= 4 is 17.4 Å². The Morgan fingerprint density at radius 2 is 2.38 bits per heavy atom. The number of nitrogens with zero attached hydrogens (tertiary/aromatic N) is 3. The van der Waals surface area contributed by atoms with Crippen LogP contribution in [0.5, 0.6) is 11.6 Å². The molecule has 0 aliphatic carbocycles. The Bertz CT molecular complexity index is 612. The summed E-state index contributed by atoms with van der Waals surface area (Å²) < 4.78 is 18.1. The molecule has 1 atom stereocenters. The number of hydrogen-bond donors (Lipinski definition) is 2. The zero-order valence-corrected chi connectivity index (χ0v) is 12.1. The summed E-state index contributed by atoms with van der Waals surface area (Å²) in [6, 6.07) is 7.08. The van der Waals surface area contributed by atoms with Gasteiger partial charge in [0.2, 0.25) is 5.88 Å². The van der Waals surface area contributed by atoms with Crippen molar-refractivity contribution in [1.29, 1.82) is 5.26 Å². The van der Waals surface area contributed by atoms with Crippen LogP contribution >= 0.6 is 11.7 Å². The normalized spacial score (nSPS) is 11.5. The molecule has 110 valence electrons. The SMILES string of the molecule is COc1cc(C#N)ccc1NCC(O)COc1cnsn1. The topological polar surface area (TPSA) is 100 Å². The van der Waals surface area contributed by atoms with Gasteiger partial charge in [-0.2, -0.15) is 9.64 Å². The Labute approximate surface area is 126 Å². The molecule has 0 spiro atoms. The van der Waals surface area contributed by atoms with E-state index >= 15 is 0 Å². The van der Waals surface area contributed by atoms with E-state index in [0.717, 1.165) is 11.7 Å². The summed E-state index contributed by atoms with van der Waals surface area (Å²) >= 11 is 1.04. The number of methoxy groups -OCH3 is 1. The third-order valence-electron chi connectivity index (χ3n) is 2.62. The molecule has 1 unspecified atom stereocenters. The maximum Gasteiger partial charge on any atom is 0.245 e. The molecule has 1 heterocycles. The highest BCUT2D eigenvalue weighted by molar-refractivity contribution is 6.99. The fourth-order valence-electron chi connectivity index (χ4n) is 1.59. The average Bonchev–Trinajstić information content (AvgIpc) is 3.04. The molecular weight excluding hydrogens is 292 g/mol. The summed E-state index contributed by atoms with van der Waals surface area (Å²) in [7, 11) is 1.52. The molecule has 0 saturated heterocycles. The molecule has 2 N–H and O–H groups in total. The molecular formula is C13H14N4O3S. The van der Waals surface area contributed by atoms with Crippen LogP contribution in [0, 0.1) is 11.3 Å². The highest BCUT2D eigenvalue weighted by Crippen LogP contribution is 2.25. The largest absolute Gasteiger partial charge is 0.495 e. The maximum atomic E-state index is 9.85. The number of anilines is 1. The number of nitriles is 1. The van der Waals surface area contributed by atoms with Gasteiger partial charge < -0.3 is 19.9 Å². The maximum absolute atomic E-state index is 9.85. The van der Waals surface area contributed by atoms with Crippen molar-refractivity contribution in [2.45, 2.75) is 6.10 Å². The van der Waals surface area contributed by atoms with Gasteiger partial charge in [-0.05, 0) is 12.1 Å². The minimum Gasteiger partial charge on any atom is -0.495 e. The summed E-state index contributed by atoms with van der Waals surface area (Å²) in [4.78, 5) is 0. The number of ether oxygens (including phenoxy) is 2. The predicted octanol–water partition coefficient (Wildman–Crippen LogP) is 1.27. The molecule has 0 radical (unpaired) electrons. The second kappa shape index (κ2) is 7.42. The van der Waals surface area contributed by atoms with E-state index in [1.54, 1.807) is 18.2 Å². The van der Waals surface area contributed by atoms with Crippen molar-refractivity contribution < 1.29 is 14.6 Å². The smallest absolute Gasteiger partial charge is 0.245 e. The van der Waals surface area contributed by atoms with Crippen LogP contribution in [0.4, 0.5) is 5.69 Å². The van der Waals surface area contributed by atoms with Gasteiger partial charge in [0, 0.05) is 12.6 Å². The lowest BCUT2D eigenvalue weighted by atomic mass is 10.2. The molecule has 0 bridgehead atoms.